The van der Waals surface area contributed by atoms with Crippen LogP contribution in [0, 0.1) is 5.92 Å². The highest BCUT2D eigenvalue weighted by Gasteiger charge is 2.34. The summed E-state index contributed by atoms with van der Waals surface area (Å²) in [5, 5.41) is 0. The second-order valence-electron chi connectivity index (χ2n) is 4.99. The molecule has 2 atom stereocenters. The van der Waals surface area contributed by atoms with Crippen LogP contribution in [0.5, 0.6) is 0 Å². The van der Waals surface area contributed by atoms with E-state index >= 15 is 0 Å². The van der Waals surface area contributed by atoms with Crippen LogP contribution in [0.4, 0.5) is 5.69 Å². The molecule has 0 spiro atoms. The first-order chi connectivity index (χ1) is 8.83. The van der Waals surface area contributed by atoms with Gasteiger partial charge in [0.05, 0.1) is 17.6 Å². The van der Waals surface area contributed by atoms with Crippen molar-refractivity contribution in [2.24, 2.45) is 15.9 Å². The molecule has 0 radical (unpaired) electrons. The van der Waals surface area contributed by atoms with Crippen LogP contribution in [0.25, 0.3) is 0 Å². The highest BCUT2D eigenvalue weighted by molar-refractivity contribution is 5.95. The quantitative estimate of drug-likeness (QED) is 0.739. The van der Waals surface area contributed by atoms with E-state index < -0.39 is 0 Å². The lowest BCUT2D eigenvalue weighted by atomic mass is 9.84. The summed E-state index contributed by atoms with van der Waals surface area (Å²) in [6.45, 7) is 1.92. The lowest BCUT2D eigenvalue weighted by Crippen LogP contribution is -2.37. The molecular formula is C15H18N2O. The molecule has 1 saturated carbocycles. The third-order valence-electron chi connectivity index (χ3n) is 3.64. The summed E-state index contributed by atoms with van der Waals surface area (Å²) >= 11 is 0. The number of rotatable bonds is 1. The Hall–Kier alpha value is -1.64. The molecule has 3 rings (SSSR count). The summed E-state index contributed by atoms with van der Waals surface area (Å²) in [6.07, 6.45) is 4.84. The number of hydrogen-bond acceptors (Lipinski definition) is 3. The minimum Gasteiger partial charge on any atom is -0.429 e. The zero-order valence-corrected chi connectivity index (χ0v) is 10.7. The van der Waals surface area contributed by atoms with Crippen molar-refractivity contribution in [1.82, 2.24) is 0 Å². The summed E-state index contributed by atoms with van der Waals surface area (Å²) in [6, 6.07) is 10.4. The molecule has 0 bridgehead atoms. The maximum absolute atomic E-state index is 5.76. The normalized spacial score (nSPS) is 29.4. The SMILES string of the molecule is CC1=NC2CCCCC2C(=Nc2ccccc2)O1. The van der Waals surface area contributed by atoms with E-state index in [1.165, 1.54) is 19.3 Å². The summed E-state index contributed by atoms with van der Waals surface area (Å²) in [5.74, 6) is 1.99. The number of nitrogens with zero attached hydrogens (tertiary/aromatic N) is 2. The van der Waals surface area contributed by atoms with Gasteiger partial charge in [0, 0.05) is 6.92 Å². The summed E-state index contributed by atoms with van der Waals surface area (Å²) < 4.78 is 5.76. The molecule has 1 heterocycles. The van der Waals surface area contributed by atoms with E-state index in [1.807, 2.05) is 37.3 Å². The molecule has 3 heteroatoms. The van der Waals surface area contributed by atoms with E-state index in [0.29, 0.717) is 12.0 Å². The molecule has 0 N–H and O–H groups in total. The average Bonchev–Trinajstić information content (AvgIpc) is 2.40. The molecule has 18 heavy (non-hydrogen) atoms. The third-order valence-corrected chi connectivity index (χ3v) is 3.64. The average molecular weight is 242 g/mol. The van der Waals surface area contributed by atoms with Crippen molar-refractivity contribution in [3.05, 3.63) is 30.3 Å². The number of aliphatic imine (C=N–C) groups is 2. The Labute approximate surface area is 108 Å². The smallest absolute Gasteiger partial charge is 0.202 e. The van der Waals surface area contributed by atoms with Gasteiger partial charge in [-0.05, 0) is 25.0 Å². The van der Waals surface area contributed by atoms with Crippen LogP contribution in [-0.4, -0.2) is 17.8 Å². The molecule has 0 saturated heterocycles. The molecule has 1 aliphatic heterocycles. The Bertz CT molecular complexity index is 479. The lowest BCUT2D eigenvalue weighted by Gasteiger charge is -2.33. The van der Waals surface area contributed by atoms with Crippen molar-refractivity contribution in [2.75, 3.05) is 0 Å². The predicted molar refractivity (Wildman–Crippen MR) is 73.5 cm³/mol. The number of para-hydroxylation sites is 1. The van der Waals surface area contributed by atoms with Crippen molar-refractivity contribution < 1.29 is 4.74 Å². The number of fused-ring (bicyclic) bond motifs is 1. The Morgan fingerprint density at radius 1 is 1.17 bits per heavy atom. The maximum Gasteiger partial charge on any atom is 0.202 e. The molecule has 3 nitrogen and oxygen atoms in total. The van der Waals surface area contributed by atoms with E-state index in [0.717, 1.165) is 23.9 Å². The van der Waals surface area contributed by atoms with Crippen molar-refractivity contribution in [2.45, 2.75) is 38.6 Å². The van der Waals surface area contributed by atoms with E-state index in [1.54, 1.807) is 0 Å². The molecule has 1 fully saturated rings. The first kappa shape index (κ1) is 11.5. The Balaban J connectivity index is 1.91. The second-order valence-corrected chi connectivity index (χ2v) is 4.99. The number of hydrogen-bond donors (Lipinski definition) is 0. The number of benzene rings is 1. The van der Waals surface area contributed by atoms with Crippen molar-refractivity contribution in [3.8, 4) is 0 Å². The van der Waals surface area contributed by atoms with Gasteiger partial charge in [0.25, 0.3) is 0 Å². The predicted octanol–water partition coefficient (Wildman–Crippen LogP) is 3.72. The van der Waals surface area contributed by atoms with Gasteiger partial charge < -0.3 is 4.74 Å². The standard InChI is InChI=1S/C15H18N2O/c1-11-16-14-10-6-5-9-13(14)15(18-11)17-12-7-3-2-4-8-12/h2-4,7-8,13-14H,5-6,9-10H2,1H3. The van der Waals surface area contributed by atoms with Gasteiger partial charge in [-0.2, -0.15) is 0 Å². The van der Waals surface area contributed by atoms with Gasteiger partial charge in [-0.15, -0.1) is 0 Å². The molecule has 1 aliphatic carbocycles. The van der Waals surface area contributed by atoms with Gasteiger partial charge >= 0.3 is 0 Å². The second kappa shape index (κ2) is 4.92. The van der Waals surface area contributed by atoms with Gasteiger partial charge in [0.1, 0.15) is 0 Å². The largest absolute Gasteiger partial charge is 0.429 e. The fourth-order valence-corrected chi connectivity index (χ4v) is 2.78. The van der Waals surface area contributed by atoms with Crippen LogP contribution >= 0.6 is 0 Å². The van der Waals surface area contributed by atoms with E-state index in [9.17, 15) is 0 Å². The first-order valence-electron chi connectivity index (χ1n) is 6.69. The third kappa shape index (κ3) is 2.30. The molecular weight excluding hydrogens is 224 g/mol. The zero-order chi connectivity index (χ0) is 12.4. The van der Waals surface area contributed by atoms with Gasteiger partial charge in [-0.25, -0.2) is 4.99 Å². The van der Waals surface area contributed by atoms with E-state index in [2.05, 4.69) is 9.98 Å². The van der Waals surface area contributed by atoms with E-state index in [4.69, 9.17) is 4.74 Å². The maximum atomic E-state index is 5.76. The van der Waals surface area contributed by atoms with Gasteiger partial charge in [0.15, 0.2) is 5.90 Å². The van der Waals surface area contributed by atoms with Crippen LogP contribution in [0.15, 0.2) is 40.3 Å². The highest BCUT2D eigenvalue weighted by atomic mass is 16.5. The van der Waals surface area contributed by atoms with Crippen LogP contribution in [0.2, 0.25) is 0 Å². The summed E-state index contributed by atoms with van der Waals surface area (Å²) in [5.41, 5.74) is 0.964. The topological polar surface area (TPSA) is 34.0 Å². The molecule has 2 unspecified atom stereocenters. The number of ether oxygens (including phenoxy) is 1. The van der Waals surface area contributed by atoms with Crippen LogP contribution in [0.1, 0.15) is 32.6 Å². The Kier molecular flexibility index (Phi) is 3.13. The van der Waals surface area contributed by atoms with Gasteiger partial charge in [-0.3, -0.25) is 4.99 Å². The van der Waals surface area contributed by atoms with Gasteiger partial charge in [-0.1, -0.05) is 31.0 Å². The lowest BCUT2D eigenvalue weighted by molar-refractivity contribution is 0.314. The molecule has 1 aromatic rings. The van der Waals surface area contributed by atoms with Crippen LogP contribution < -0.4 is 0 Å². The minimum absolute atomic E-state index is 0.377. The van der Waals surface area contributed by atoms with Crippen molar-refractivity contribution in [1.29, 1.82) is 0 Å². The highest BCUT2D eigenvalue weighted by Crippen LogP contribution is 2.32. The van der Waals surface area contributed by atoms with Gasteiger partial charge in [0.2, 0.25) is 5.90 Å². The summed E-state index contributed by atoms with van der Waals surface area (Å²) in [4.78, 5) is 9.28. The monoisotopic (exact) mass is 242 g/mol. The summed E-state index contributed by atoms with van der Waals surface area (Å²) in [7, 11) is 0. The fraction of sp³-hybridized carbons (Fsp3) is 0.467. The van der Waals surface area contributed by atoms with Crippen molar-refractivity contribution in [3.63, 3.8) is 0 Å². The molecule has 0 aromatic heterocycles. The Morgan fingerprint density at radius 3 is 2.78 bits per heavy atom. The molecule has 94 valence electrons. The Morgan fingerprint density at radius 2 is 1.94 bits per heavy atom. The zero-order valence-electron chi connectivity index (χ0n) is 10.7. The molecule has 1 aromatic carbocycles. The molecule has 2 aliphatic rings. The minimum atomic E-state index is 0.377. The van der Waals surface area contributed by atoms with Crippen molar-refractivity contribution >= 4 is 17.5 Å². The fourth-order valence-electron chi connectivity index (χ4n) is 2.78. The van der Waals surface area contributed by atoms with E-state index in [-0.39, 0.29) is 0 Å². The van der Waals surface area contributed by atoms with Crippen LogP contribution in [-0.2, 0) is 4.74 Å². The molecule has 0 amide bonds. The van der Waals surface area contributed by atoms with Crippen LogP contribution in [0.3, 0.4) is 0 Å². The first-order valence-corrected chi connectivity index (χ1v) is 6.69.